The smallest absolute Gasteiger partial charge is 0.169 e. The van der Waals surface area contributed by atoms with Gasteiger partial charge in [0, 0.05) is 5.92 Å². The Morgan fingerprint density at radius 3 is 2.67 bits per heavy atom. The van der Waals surface area contributed by atoms with E-state index < -0.39 is 6.10 Å². The Kier molecular flexibility index (Phi) is 2.68. The Morgan fingerprint density at radius 1 is 1.58 bits per heavy atom. The highest BCUT2D eigenvalue weighted by molar-refractivity contribution is 5.89. The molecule has 2 nitrogen and oxygen atoms in total. The molecule has 68 valence electrons. The topological polar surface area (TPSA) is 37.3 Å². The summed E-state index contributed by atoms with van der Waals surface area (Å²) in [6.07, 6.45) is 1.92. The number of allylic oxidation sites excluding steroid dienone is 1. The fraction of sp³-hybridized carbons (Fsp3) is 0.700. The van der Waals surface area contributed by atoms with Gasteiger partial charge in [-0.25, -0.2) is 0 Å². The zero-order valence-corrected chi connectivity index (χ0v) is 7.87. The van der Waals surface area contributed by atoms with E-state index in [1.807, 2.05) is 19.9 Å². The van der Waals surface area contributed by atoms with Gasteiger partial charge in [-0.1, -0.05) is 19.9 Å². The summed E-state index contributed by atoms with van der Waals surface area (Å²) in [5.74, 6) is 0.338. The van der Waals surface area contributed by atoms with Crippen LogP contribution >= 0.6 is 0 Å². The summed E-state index contributed by atoms with van der Waals surface area (Å²) in [7, 11) is 0. The molecule has 1 aliphatic carbocycles. The van der Waals surface area contributed by atoms with E-state index in [4.69, 9.17) is 0 Å². The molecule has 0 fully saturated rings. The van der Waals surface area contributed by atoms with Gasteiger partial charge in [0.05, 0.1) is 0 Å². The SMILES string of the molecule is CC1=CC[C@@H](C(C)C)C(=O)[C@@H]1O. The minimum absolute atomic E-state index is 0.00926. The van der Waals surface area contributed by atoms with Crippen LogP contribution in [0.1, 0.15) is 27.2 Å². The van der Waals surface area contributed by atoms with Crippen LogP contribution in [0, 0.1) is 11.8 Å². The van der Waals surface area contributed by atoms with Crippen molar-refractivity contribution in [3.05, 3.63) is 11.6 Å². The average Bonchev–Trinajstić information content (AvgIpc) is 2.00. The van der Waals surface area contributed by atoms with E-state index in [1.165, 1.54) is 0 Å². The summed E-state index contributed by atoms with van der Waals surface area (Å²) in [6.45, 7) is 5.84. The molecule has 2 heteroatoms. The van der Waals surface area contributed by atoms with E-state index in [0.29, 0.717) is 5.92 Å². The molecule has 12 heavy (non-hydrogen) atoms. The number of carbonyl (C=O) groups excluding carboxylic acids is 1. The van der Waals surface area contributed by atoms with Crippen LogP contribution in [0.3, 0.4) is 0 Å². The summed E-state index contributed by atoms with van der Waals surface area (Å²) in [5, 5.41) is 9.45. The molecule has 0 spiro atoms. The highest BCUT2D eigenvalue weighted by atomic mass is 16.3. The first-order chi connectivity index (χ1) is 5.54. The van der Waals surface area contributed by atoms with Crippen molar-refractivity contribution in [3.8, 4) is 0 Å². The lowest BCUT2D eigenvalue weighted by Gasteiger charge is -2.26. The van der Waals surface area contributed by atoms with E-state index in [9.17, 15) is 9.90 Å². The Hall–Kier alpha value is -0.630. The molecular weight excluding hydrogens is 152 g/mol. The molecule has 0 heterocycles. The molecule has 0 saturated heterocycles. The van der Waals surface area contributed by atoms with Crippen molar-refractivity contribution in [1.29, 1.82) is 0 Å². The van der Waals surface area contributed by atoms with Gasteiger partial charge in [-0.05, 0) is 24.8 Å². The lowest BCUT2D eigenvalue weighted by Crippen LogP contribution is -2.34. The molecule has 1 aliphatic rings. The van der Waals surface area contributed by atoms with Crippen molar-refractivity contribution < 1.29 is 9.90 Å². The van der Waals surface area contributed by atoms with Crippen LogP contribution < -0.4 is 0 Å². The number of aliphatic hydroxyl groups excluding tert-OH is 1. The quantitative estimate of drug-likeness (QED) is 0.603. The van der Waals surface area contributed by atoms with Crippen LogP contribution in [0.2, 0.25) is 0 Å². The van der Waals surface area contributed by atoms with Crippen molar-refractivity contribution in [2.75, 3.05) is 0 Å². The molecule has 2 atom stereocenters. The van der Waals surface area contributed by atoms with E-state index in [0.717, 1.165) is 12.0 Å². The monoisotopic (exact) mass is 168 g/mol. The minimum Gasteiger partial charge on any atom is -0.381 e. The Labute approximate surface area is 73.3 Å². The van der Waals surface area contributed by atoms with Gasteiger partial charge < -0.3 is 5.11 Å². The van der Waals surface area contributed by atoms with Crippen molar-refractivity contribution in [2.24, 2.45) is 11.8 Å². The molecule has 0 amide bonds. The maximum Gasteiger partial charge on any atom is 0.169 e. The Morgan fingerprint density at radius 2 is 2.17 bits per heavy atom. The van der Waals surface area contributed by atoms with Gasteiger partial charge in [0.2, 0.25) is 0 Å². The minimum atomic E-state index is -0.842. The lowest BCUT2D eigenvalue weighted by molar-refractivity contribution is -0.131. The maximum absolute atomic E-state index is 11.5. The first-order valence-electron chi connectivity index (χ1n) is 4.42. The number of hydrogen-bond donors (Lipinski definition) is 1. The molecule has 0 saturated carbocycles. The maximum atomic E-state index is 11.5. The van der Waals surface area contributed by atoms with Gasteiger partial charge in [-0.2, -0.15) is 0 Å². The second-order valence-electron chi connectivity index (χ2n) is 3.84. The number of carbonyl (C=O) groups is 1. The van der Waals surface area contributed by atoms with Crippen LogP contribution in [-0.4, -0.2) is 17.0 Å². The summed E-state index contributed by atoms with van der Waals surface area (Å²) in [6, 6.07) is 0. The summed E-state index contributed by atoms with van der Waals surface area (Å²) >= 11 is 0. The van der Waals surface area contributed by atoms with Gasteiger partial charge in [-0.15, -0.1) is 0 Å². The zero-order valence-electron chi connectivity index (χ0n) is 7.87. The molecule has 0 aromatic carbocycles. The van der Waals surface area contributed by atoms with Gasteiger partial charge in [0.1, 0.15) is 6.10 Å². The molecule has 0 aliphatic heterocycles. The molecular formula is C10H16O2. The van der Waals surface area contributed by atoms with Crippen molar-refractivity contribution >= 4 is 5.78 Å². The molecule has 0 aromatic heterocycles. The van der Waals surface area contributed by atoms with Gasteiger partial charge in [0.25, 0.3) is 0 Å². The predicted molar refractivity (Wildman–Crippen MR) is 47.7 cm³/mol. The summed E-state index contributed by atoms with van der Waals surface area (Å²) in [5.41, 5.74) is 0.803. The molecule has 1 rings (SSSR count). The molecule has 0 aromatic rings. The van der Waals surface area contributed by atoms with Crippen LogP contribution in [0.15, 0.2) is 11.6 Å². The second kappa shape index (κ2) is 3.40. The van der Waals surface area contributed by atoms with Crippen molar-refractivity contribution in [3.63, 3.8) is 0 Å². The van der Waals surface area contributed by atoms with E-state index in [-0.39, 0.29) is 11.7 Å². The van der Waals surface area contributed by atoms with E-state index in [1.54, 1.807) is 6.92 Å². The lowest BCUT2D eigenvalue weighted by atomic mass is 9.80. The van der Waals surface area contributed by atoms with Gasteiger partial charge in [0.15, 0.2) is 5.78 Å². The highest BCUT2D eigenvalue weighted by Gasteiger charge is 2.31. The first-order valence-corrected chi connectivity index (χ1v) is 4.42. The fourth-order valence-electron chi connectivity index (χ4n) is 1.57. The van der Waals surface area contributed by atoms with E-state index in [2.05, 4.69) is 0 Å². The second-order valence-corrected chi connectivity index (χ2v) is 3.84. The average molecular weight is 168 g/mol. The summed E-state index contributed by atoms with van der Waals surface area (Å²) < 4.78 is 0. The summed E-state index contributed by atoms with van der Waals surface area (Å²) in [4.78, 5) is 11.5. The molecule has 0 bridgehead atoms. The molecule has 0 radical (unpaired) electrons. The van der Waals surface area contributed by atoms with Gasteiger partial charge >= 0.3 is 0 Å². The number of Topliss-reactive ketones (excluding diaryl/α,β-unsaturated/α-hetero) is 1. The van der Waals surface area contributed by atoms with Crippen molar-refractivity contribution in [1.82, 2.24) is 0 Å². The van der Waals surface area contributed by atoms with Crippen molar-refractivity contribution in [2.45, 2.75) is 33.3 Å². The van der Waals surface area contributed by atoms with Crippen LogP contribution in [0.4, 0.5) is 0 Å². The third-order valence-corrected chi connectivity index (χ3v) is 2.56. The predicted octanol–water partition coefficient (Wildman–Crippen LogP) is 1.54. The molecule has 1 N–H and O–H groups in total. The van der Waals surface area contributed by atoms with Crippen LogP contribution in [0.5, 0.6) is 0 Å². The number of ketones is 1. The Balaban J connectivity index is 2.80. The zero-order chi connectivity index (χ0) is 9.30. The number of aliphatic hydroxyl groups is 1. The Bertz CT molecular complexity index is 216. The first kappa shape index (κ1) is 9.46. The number of hydrogen-bond acceptors (Lipinski definition) is 2. The third-order valence-electron chi connectivity index (χ3n) is 2.56. The third kappa shape index (κ3) is 1.58. The highest BCUT2D eigenvalue weighted by Crippen LogP contribution is 2.26. The normalized spacial score (nSPS) is 30.8. The van der Waals surface area contributed by atoms with Crippen LogP contribution in [0.25, 0.3) is 0 Å². The fourth-order valence-corrected chi connectivity index (χ4v) is 1.57. The van der Waals surface area contributed by atoms with Gasteiger partial charge in [-0.3, -0.25) is 4.79 Å². The van der Waals surface area contributed by atoms with E-state index >= 15 is 0 Å². The van der Waals surface area contributed by atoms with Crippen LogP contribution in [-0.2, 0) is 4.79 Å². The largest absolute Gasteiger partial charge is 0.381 e. The molecule has 0 unspecified atom stereocenters. The number of rotatable bonds is 1. The standard InChI is InChI=1S/C10H16O2/c1-6(2)8-5-4-7(3)9(11)10(8)12/h4,6,8-9,11H,5H2,1-3H3/t8-,9+/m0/s1.